The van der Waals surface area contributed by atoms with Gasteiger partial charge in [0, 0.05) is 28.1 Å². The number of hydrogen-bond donors (Lipinski definition) is 2. The lowest BCUT2D eigenvalue weighted by atomic mass is 10.2. The summed E-state index contributed by atoms with van der Waals surface area (Å²) in [7, 11) is -7.25. The van der Waals surface area contributed by atoms with Gasteiger partial charge < -0.3 is 4.42 Å². The lowest BCUT2D eigenvalue weighted by Gasteiger charge is -2.09. The van der Waals surface area contributed by atoms with Crippen molar-refractivity contribution in [2.24, 2.45) is 0 Å². The molecule has 1 amide bonds. The van der Waals surface area contributed by atoms with E-state index in [1.165, 1.54) is 66.7 Å². The maximum absolute atomic E-state index is 12.5. The number of carbonyl (C=O) groups excluding carboxylic acids is 1. The van der Waals surface area contributed by atoms with Gasteiger partial charge in [-0.05, 0) is 66.7 Å². The SMILES string of the molecule is CS(=O)(=O)c1cccc(-c2nnc(NC(=O)c3ccc(NS(=O)(=O)c4ccc(Cl)cc4)cc3)o2)c1. The van der Waals surface area contributed by atoms with Gasteiger partial charge in [0.25, 0.3) is 15.9 Å². The Bertz CT molecular complexity index is 1600. The van der Waals surface area contributed by atoms with E-state index in [1.807, 2.05) is 0 Å². The Morgan fingerprint density at radius 2 is 1.57 bits per heavy atom. The number of halogens is 1. The van der Waals surface area contributed by atoms with E-state index in [0.29, 0.717) is 10.6 Å². The van der Waals surface area contributed by atoms with E-state index < -0.39 is 25.8 Å². The van der Waals surface area contributed by atoms with Crippen molar-refractivity contribution in [3.63, 3.8) is 0 Å². The molecule has 35 heavy (non-hydrogen) atoms. The summed E-state index contributed by atoms with van der Waals surface area (Å²) in [5, 5.41) is 10.4. The van der Waals surface area contributed by atoms with Gasteiger partial charge in [0.15, 0.2) is 9.84 Å². The summed E-state index contributed by atoms with van der Waals surface area (Å²) in [5.74, 6) is -0.546. The number of aromatic nitrogens is 2. The van der Waals surface area contributed by atoms with Gasteiger partial charge in [0.1, 0.15) is 0 Å². The number of sulfone groups is 1. The van der Waals surface area contributed by atoms with Crippen molar-refractivity contribution in [1.29, 1.82) is 0 Å². The summed E-state index contributed by atoms with van der Waals surface area (Å²) >= 11 is 5.79. The van der Waals surface area contributed by atoms with E-state index in [2.05, 4.69) is 20.2 Å². The fourth-order valence-electron chi connectivity index (χ4n) is 2.94. The van der Waals surface area contributed by atoms with Crippen molar-refractivity contribution in [2.75, 3.05) is 16.3 Å². The van der Waals surface area contributed by atoms with Crippen LogP contribution in [-0.2, 0) is 19.9 Å². The summed E-state index contributed by atoms with van der Waals surface area (Å²) in [4.78, 5) is 12.7. The molecule has 0 aliphatic rings. The molecule has 0 saturated heterocycles. The largest absolute Gasteiger partial charge is 0.403 e. The number of benzene rings is 3. The summed E-state index contributed by atoms with van der Waals surface area (Å²) in [6.45, 7) is 0. The highest BCUT2D eigenvalue weighted by Gasteiger charge is 2.17. The minimum Gasteiger partial charge on any atom is -0.403 e. The Labute approximate surface area is 205 Å². The van der Waals surface area contributed by atoms with Gasteiger partial charge >= 0.3 is 6.01 Å². The third kappa shape index (κ3) is 5.85. The molecule has 0 aliphatic carbocycles. The number of sulfonamides is 1. The third-order valence-corrected chi connectivity index (χ3v) is 7.44. The van der Waals surface area contributed by atoms with Crippen LogP contribution in [0.3, 0.4) is 0 Å². The number of nitrogens with zero attached hydrogens (tertiary/aromatic N) is 2. The van der Waals surface area contributed by atoms with Crippen LogP contribution in [0.15, 0.2) is 87.0 Å². The number of hydrogen-bond acceptors (Lipinski definition) is 8. The molecule has 1 heterocycles. The average molecular weight is 533 g/mol. The standard InChI is InChI=1S/C22H17ClN4O6S2/c1-34(29,30)19-4-2-3-15(13-19)21-25-26-22(33-21)24-20(28)14-5-9-17(10-6-14)27-35(31,32)18-11-7-16(23)8-12-18/h2-13,27H,1H3,(H,24,26,28). The monoisotopic (exact) mass is 532 g/mol. The first-order valence-electron chi connectivity index (χ1n) is 9.85. The summed E-state index contributed by atoms with van der Waals surface area (Å²) < 4.78 is 56.3. The second-order valence-electron chi connectivity index (χ2n) is 7.30. The van der Waals surface area contributed by atoms with E-state index in [-0.39, 0.29) is 32.9 Å². The second kappa shape index (κ2) is 9.49. The molecule has 0 fully saturated rings. The molecule has 0 saturated carbocycles. The Balaban J connectivity index is 1.44. The predicted molar refractivity (Wildman–Crippen MR) is 129 cm³/mol. The van der Waals surface area contributed by atoms with E-state index in [1.54, 1.807) is 6.07 Å². The van der Waals surface area contributed by atoms with Gasteiger partial charge in [0.2, 0.25) is 5.89 Å². The zero-order valence-corrected chi connectivity index (χ0v) is 20.4. The molecule has 0 aliphatic heterocycles. The molecule has 13 heteroatoms. The normalized spacial score (nSPS) is 11.7. The van der Waals surface area contributed by atoms with E-state index in [0.717, 1.165) is 6.26 Å². The Hall–Kier alpha value is -3.74. The van der Waals surface area contributed by atoms with Crippen LogP contribution in [0.4, 0.5) is 11.7 Å². The molecule has 180 valence electrons. The molecule has 0 atom stereocenters. The zero-order valence-electron chi connectivity index (χ0n) is 18.0. The fraction of sp³-hybridized carbons (Fsp3) is 0.0455. The molecule has 0 radical (unpaired) electrons. The molecule has 0 unspecified atom stereocenters. The first-order valence-corrected chi connectivity index (χ1v) is 13.6. The first kappa shape index (κ1) is 24.4. The summed E-state index contributed by atoms with van der Waals surface area (Å²) in [6, 6.07) is 17.2. The Morgan fingerprint density at radius 1 is 0.886 bits per heavy atom. The van der Waals surface area contributed by atoms with Crippen molar-refractivity contribution in [1.82, 2.24) is 10.2 Å². The van der Waals surface area contributed by atoms with Gasteiger partial charge in [-0.1, -0.05) is 22.8 Å². The third-order valence-electron chi connectivity index (χ3n) is 4.68. The van der Waals surface area contributed by atoms with Gasteiger partial charge in [0.05, 0.1) is 9.79 Å². The van der Waals surface area contributed by atoms with Gasteiger partial charge in [-0.25, -0.2) is 16.8 Å². The van der Waals surface area contributed by atoms with Crippen molar-refractivity contribution >= 4 is 49.1 Å². The molecule has 3 aromatic carbocycles. The molecule has 0 spiro atoms. The topological polar surface area (TPSA) is 148 Å². The van der Waals surface area contributed by atoms with Crippen LogP contribution in [0.1, 0.15) is 10.4 Å². The average Bonchev–Trinajstić information content (AvgIpc) is 3.27. The predicted octanol–water partition coefficient (Wildman–Crippen LogP) is 3.85. The van der Waals surface area contributed by atoms with Crippen molar-refractivity contribution in [3.8, 4) is 11.5 Å². The molecule has 0 bridgehead atoms. The minimum absolute atomic E-state index is 0.0257. The van der Waals surface area contributed by atoms with Crippen molar-refractivity contribution in [2.45, 2.75) is 9.79 Å². The lowest BCUT2D eigenvalue weighted by molar-refractivity contribution is 0.102. The summed E-state index contributed by atoms with van der Waals surface area (Å²) in [6.07, 6.45) is 1.08. The van der Waals surface area contributed by atoms with Crippen LogP contribution in [0, 0.1) is 0 Å². The molecular formula is C22H17ClN4O6S2. The van der Waals surface area contributed by atoms with Crippen LogP contribution >= 0.6 is 11.6 Å². The number of anilines is 2. The van der Waals surface area contributed by atoms with Crippen LogP contribution in [0.5, 0.6) is 0 Å². The van der Waals surface area contributed by atoms with Gasteiger partial charge in [-0.2, -0.15) is 0 Å². The van der Waals surface area contributed by atoms with Gasteiger partial charge in [-0.15, -0.1) is 5.10 Å². The molecule has 10 nitrogen and oxygen atoms in total. The Morgan fingerprint density at radius 3 is 2.23 bits per heavy atom. The van der Waals surface area contributed by atoms with Crippen LogP contribution in [0.2, 0.25) is 5.02 Å². The van der Waals surface area contributed by atoms with Crippen LogP contribution in [0.25, 0.3) is 11.5 Å². The lowest BCUT2D eigenvalue weighted by Crippen LogP contribution is -2.14. The number of nitrogens with one attached hydrogen (secondary N) is 2. The molecular weight excluding hydrogens is 516 g/mol. The minimum atomic E-state index is -3.83. The zero-order chi connectivity index (χ0) is 25.2. The quantitative estimate of drug-likeness (QED) is 0.364. The van der Waals surface area contributed by atoms with Gasteiger partial charge in [-0.3, -0.25) is 14.8 Å². The number of carbonyl (C=O) groups is 1. The fourth-order valence-corrected chi connectivity index (χ4v) is 4.79. The second-order valence-corrected chi connectivity index (χ2v) is 11.4. The highest BCUT2D eigenvalue weighted by atomic mass is 35.5. The van der Waals surface area contributed by atoms with Crippen LogP contribution < -0.4 is 10.0 Å². The Kier molecular flexibility index (Phi) is 6.61. The van der Waals surface area contributed by atoms with E-state index in [9.17, 15) is 21.6 Å². The molecule has 4 rings (SSSR count). The maximum Gasteiger partial charge on any atom is 0.322 e. The summed E-state index contributed by atoms with van der Waals surface area (Å²) in [5.41, 5.74) is 0.832. The molecule has 4 aromatic rings. The van der Waals surface area contributed by atoms with Crippen molar-refractivity contribution < 1.29 is 26.0 Å². The van der Waals surface area contributed by atoms with E-state index >= 15 is 0 Å². The first-order chi connectivity index (χ1) is 16.5. The highest BCUT2D eigenvalue weighted by Crippen LogP contribution is 2.23. The van der Waals surface area contributed by atoms with E-state index in [4.69, 9.17) is 16.0 Å². The maximum atomic E-state index is 12.5. The number of amides is 1. The van der Waals surface area contributed by atoms with Crippen molar-refractivity contribution in [3.05, 3.63) is 83.4 Å². The molecule has 1 aromatic heterocycles. The number of rotatable bonds is 7. The highest BCUT2D eigenvalue weighted by molar-refractivity contribution is 7.92. The molecule has 2 N–H and O–H groups in total. The smallest absolute Gasteiger partial charge is 0.322 e. The van der Waals surface area contributed by atoms with Crippen LogP contribution in [-0.4, -0.2) is 39.2 Å².